The molecular formula is C42H30BN3. The Morgan fingerprint density at radius 3 is 1.39 bits per heavy atom. The predicted molar refractivity (Wildman–Crippen MR) is 195 cm³/mol. The van der Waals surface area contributed by atoms with Crippen molar-refractivity contribution in [2.24, 2.45) is 0 Å². The highest BCUT2D eigenvalue weighted by Crippen LogP contribution is 2.45. The fraction of sp³-hybridized carbons (Fsp3) is 0. The summed E-state index contributed by atoms with van der Waals surface area (Å²) in [6.45, 7) is 0.0910. The Kier molecular flexibility index (Phi) is 6.24. The van der Waals surface area contributed by atoms with Crippen molar-refractivity contribution in [3.8, 4) is 0 Å². The van der Waals surface area contributed by atoms with Crippen LogP contribution < -0.4 is 31.1 Å². The van der Waals surface area contributed by atoms with Crippen LogP contribution in [0.15, 0.2) is 182 Å². The van der Waals surface area contributed by atoms with E-state index in [9.17, 15) is 0 Å². The number of fused-ring (bicyclic) bond motifs is 4. The van der Waals surface area contributed by atoms with E-state index < -0.39 is 0 Å². The van der Waals surface area contributed by atoms with Crippen LogP contribution in [0.4, 0.5) is 51.2 Å². The normalized spacial score (nSPS) is 12.7. The Morgan fingerprint density at radius 1 is 0.348 bits per heavy atom. The second kappa shape index (κ2) is 10.9. The van der Waals surface area contributed by atoms with Crippen LogP contribution in [-0.2, 0) is 0 Å². The molecule has 0 aliphatic carbocycles. The van der Waals surface area contributed by atoms with Crippen LogP contribution >= 0.6 is 0 Å². The van der Waals surface area contributed by atoms with Crippen molar-refractivity contribution in [2.75, 3.05) is 14.7 Å². The van der Waals surface area contributed by atoms with Crippen LogP contribution in [0.3, 0.4) is 0 Å². The van der Waals surface area contributed by atoms with Crippen molar-refractivity contribution in [3.63, 3.8) is 0 Å². The molecule has 0 spiro atoms. The first-order valence-electron chi connectivity index (χ1n) is 15.8. The number of nitrogens with zero attached hydrogens (tertiary/aromatic N) is 3. The Morgan fingerprint density at radius 2 is 0.804 bits per heavy atom. The van der Waals surface area contributed by atoms with E-state index in [1.807, 2.05) is 0 Å². The zero-order valence-electron chi connectivity index (χ0n) is 25.2. The Bertz CT molecular complexity index is 2130. The van der Waals surface area contributed by atoms with E-state index in [-0.39, 0.29) is 6.71 Å². The standard InChI is InChI=1S/C42H30BN3/c1-5-16-31(17-6-1)44(32-18-7-2-8-19-32)35-28-29-37-41(30-35)46(34-22-11-4-12-23-34)40-27-15-26-39-42(40)43(37)36-24-13-14-25-38(36)45(39)33-20-9-3-10-21-33/h1-30H. The maximum Gasteiger partial charge on any atom is 0.252 e. The molecule has 3 nitrogen and oxygen atoms in total. The minimum absolute atomic E-state index is 0.0910. The average molecular weight is 588 g/mol. The fourth-order valence-corrected chi connectivity index (χ4v) is 7.32. The Balaban J connectivity index is 1.32. The molecule has 0 N–H and O–H groups in total. The van der Waals surface area contributed by atoms with Crippen molar-refractivity contribution in [3.05, 3.63) is 182 Å². The molecule has 0 fully saturated rings. The molecule has 4 heteroatoms. The van der Waals surface area contributed by atoms with Crippen molar-refractivity contribution < 1.29 is 0 Å². The molecule has 0 atom stereocenters. The molecule has 2 aliphatic rings. The summed E-state index contributed by atoms with van der Waals surface area (Å²) in [6.07, 6.45) is 0. The molecule has 0 amide bonds. The summed E-state index contributed by atoms with van der Waals surface area (Å²) < 4.78 is 0. The number of hydrogen-bond acceptors (Lipinski definition) is 3. The molecule has 2 aliphatic heterocycles. The summed E-state index contributed by atoms with van der Waals surface area (Å²) in [6, 6.07) is 65.5. The molecule has 0 saturated carbocycles. The van der Waals surface area contributed by atoms with Gasteiger partial charge in [0.25, 0.3) is 6.71 Å². The van der Waals surface area contributed by atoms with Gasteiger partial charge in [0.15, 0.2) is 0 Å². The van der Waals surface area contributed by atoms with Gasteiger partial charge in [0.1, 0.15) is 0 Å². The summed E-state index contributed by atoms with van der Waals surface area (Å²) in [5, 5.41) is 0. The average Bonchev–Trinajstić information content (AvgIpc) is 3.13. The maximum absolute atomic E-state index is 2.46. The van der Waals surface area contributed by atoms with Crippen LogP contribution in [0.25, 0.3) is 0 Å². The molecular weight excluding hydrogens is 557 g/mol. The first-order valence-corrected chi connectivity index (χ1v) is 15.8. The monoisotopic (exact) mass is 587 g/mol. The highest BCUT2D eigenvalue weighted by atomic mass is 15.2. The van der Waals surface area contributed by atoms with Crippen molar-refractivity contribution in [2.45, 2.75) is 0 Å². The summed E-state index contributed by atoms with van der Waals surface area (Å²) in [5.41, 5.74) is 14.5. The first-order chi connectivity index (χ1) is 22.9. The zero-order chi connectivity index (χ0) is 30.5. The second-order valence-electron chi connectivity index (χ2n) is 11.8. The van der Waals surface area contributed by atoms with Crippen molar-refractivity contribution in [1.82, 2.24) is 0 Å². The highest BCUT2D eigenvalue weighted by molar-refractivity contribution is 7.00. The number of rotatable bonds is 5. The molecule has 7 aromatic rings. The van der Waals surface area contributed by atoms with E-state index in [2.05, 4.69) is 197 Å². The van der Waals surface area contributed by atoms with Gasteiger partial charge in [0.05, 0.1) is 0 Å². The lowest BCUT2D eigenvalue weighted by Gasteiger charge is -2.44. The van der Waals surface area contributed by atoms with Gasteiger partial charge in [-0.1, -0.05) is 103 Å². The van der Waals surface area contributed by atoms with E-state index in [0.717, 1.165) is 28.4 Å². The highest BCUT2D eigenvalue weighted by Gasteiger charge is 2.43. The molecule has 46 heavy (non-hydrogen) atoms. The van der Waals surface area contributed by atoms with Crippen molar-refractivity contribution >= 4 is 74.3 Å². The first kappa shape index (κ1) is 26.4. The predicted octanol–water partition coefficient (Wildman–Crippen LogP) is 9.24. The van der Waals surface area contributed by atoms with Crippen LogP contribution in [0, 0.1) is 0 Å². The van der Waals surface area contributed by atoms with E-state index in [1.165, 1.54) is 39.1 Å². The third-order valence-electron chi connectivity index (χ3n) is 9.20. The zero-order valence-corrected chi connectivity index (χ0v) is 25.2. The van der Waals surface area contributed by atoms with Crippen LogP contribution in [0.5, 0.6) is 0 Å². The van der Waals surface area contributed by atoms with Gasteiger partial charge in [-0.3, -0.25) is 0 Å². The van der Waals surface area contributed by atoms with Crippen LogP contribution in [0.2, 0.25) is 0 Å². The second-order valence-corrected chi connectivity index (χ2v) is 11.8. The third-order valence-corrected chi connectivity index (χ3v) is 9.20. The fourth-order valence-electron chi connectivity index (χ4n) is 7.32. The molecule has 0 bridgehead atoms. The third kappa shape index (κ3) is 4.15. The van der Waals surface area contributed by atoms with E-state index in [4.69, 9.17) is 0 Å². The molecule has 9 rings (SSSR count). The number of anilines is 9. The number of para-hydroxylation sites is 5. The van der Waals surface area contributed by atoms with Gasteiger partial charge < -0.3 is 14.7 Å². The Hall–Kier alpha value is -6.00. The molecule has 0 unspecified atom stereocenters. The lowest BCUT2D eigenvalue weighted by molar-refractivity contribution is 1.24. The lowest BCUT2D eigenvalue weighted by Crippen LogP contribution is -2.61. The van der Waals surface area contributed by atoms with Gasteiger partial charge in [-0.15, -0.1) is 0 Å². The van der Waals surface area contributed by atoms with Gasteiger partial charge in [0, 0.05) is 51.2 Å². The van der Waals surface area contributed by atoms with Crippen molar-refractivity contribution in [1.29, 1.82) is 0 Å². The summed E-state index contributed by atoms with van der Waals surface area (Å²) >= 11 is 0. The van der Waals surface area contributed by atoms with Gasteiger partial charge >= 0.3 is 0 Å². The van der Waals surface area contributed by atoms with E-state index in [0.29, 0.717) is 0 Å². The SMILES string of the molecule is c1ccc(N(c2ccccc2)c2ccc3c(c2)N(c2ccccc2)c2cccc4c2B3c2ccccc2N4c2ccccc2)cc1. The summed E-state index contributed by atoms with van der Waals surface area (Å²) in [7, 11) is 0. The quantitative estimate of drug-likeness (QED) is 0.186. The molecule has 0 saturated heterocycles. The minimum atomic E-state index is 0.0910. The van der Waals surface area contributed by atoms with Gasteiger partial charge in [-0.25, -0.2) is 0 Å². The molecule has 216 valence electrons. The van der Waals surface area contributed by atoms with Gasteiger partial charge in [-0.2, -0.15) is 0 Å². The Labute approximate surface area is 270 Å². The van der Waals surface area contributed by atoms with Gasteiger partial charge in [0.2, 0.25) is 0 Å². The van der Waals surface area contributed by atoms with Gasteiger partial charge in [-0.05, 0) is 95.3 Å². The largest absolute Gasteiger partial charge is 0.311 e. The molecule has 0 radical (unpaired) electrons. The summed E-state index contributed by atoms with van der Waals surface area (Å²) in [4.78, 5) is 7.24. The van der Waals surface area contributed by atoms with Crippen LogP contribution in [0.1, 0.15) is 0 Å². The maximum atomic E-state index is 2.46. The summed E-state index contributed by atoms with van der Waals surface area (Å²) in [5.74, 6) is 0. The molecule has 0 aromatic heterocycles. The smallest absolute Gasteiger partial charge is 0.252 e. The van der Waals surface area contributed by atoms with E-state index in [1.54, 1.807) is 0 Å². The lowest BCUT2D eigenvalue weighted by atomic mass is 9.33. The minimum Gasteiger partial charge on any atom is -0.311 e. The molecule has 7 aromatic carbocycles. The number of benzene rings is 7. The number of hydrogen-bond donors (Lipinski definition) is 0. The topological polar surface area (TPSA) is 9.72 Å². The molecule has 2 heterocycles. The van der Waals surface area contributed by atoms with E-state index >= 15 is 0 Å². The van der Waals surface area contributed by atoms with Crippen LogP contribution in [-0.4, -0.2) is 6.71 Å².